The number of halogens is 1. The van der Waals surface area contributed by atoms with Gasteiger partial charge >= 0.3 is 0 Å². The smallest absolute Gasteiger partial charge is 0.269 e. The lowest BCUT2D eigenvalue weighted by atomic mass is 10.3. The molecule has 0 aliphatic heterocycles. The van der Waals surface area contributed by atoms with Gasteiger partial charge in [-0.1, -0.05) is 29.0 Å². The van der Waals surface area contributed by atoms with Gasteiger partial charge in [-0.3, -0.25) is 4.79 Å². The Morgan fingerprint density at radius 3 is 2.85 bits per heavy atom. The van der Waals surface area contributed by atoms with E-state index in [1.807, 2.05) is 13.8 Å². The number of benzene rings is 1. The molecule has 0 radical (unpaired) electrons. The molecule has 4 N–H and O–H groups in total. The van der Waals surface area contributed by atoms with Gasteiger partial charge in [-0.2, -0.15) is 0 Å². The molecule has 0 spiro atoms. The average Bonchev–Trinajstić information content (AvgIpc) is 2.69. The summed E-state index contributed by atoms with van der Waals surface area (Å²) in [5, 5.41) is 7.06. The largest absolute Gasteiger partial charge is 0.382 e. The maximum Gasteiger partial charge on any atom is 0.269 e. The molecule has 0 aliphatic carbocycles. The molecular weight excluding hydrogens is 296 g/mol. The summed E-state index contributed by atoms with van der Waals surface area (Å²) in [4.78, 5) is 16.7. The molecule has 1 aromatic heterocycles. The van der Waals surface area contributed by atoms with Gasteiger partial charge in [0.2, 0.25) is 0 Å². The van der Waals surface area contributed by atoms with Crippen LogP contribution in [0.4, 0.5) is 16.6 Å². The third-order valence-corrected chi connectivity index (χ3v) is 3.59. The standard InChI is InChI=1S/C13H15ClN4OS/c1-7(2)16-13-18-11(15)10(20-13)12(19)17-9-5-3-4-8(14)6-9/h3-7H,15H2,1-2H3,(H,16,18)(H,17,19). The lowest BCUT2D eigenvalue weighted by molar-refractivity contribution is 0.103. The highest BCUT2D eigenvalue weighted by atomic mass is 35.5. The van der Waals surface area contributed by atoms with Crippen LogP contribution in [0.3, 0.4) is 0 Å². The predicted molar refractivity (Wildman–Crippen MR) is 84.7 cm³/mol. The molecule has 1 aromatic carbocycles. The zero-order valence-corrected chi connectivity index (χ0v) is 12.7. The van der Waals surface area contributed by atoms with Crippen molar-refractivity contribution in [1.29, 1.82) is 0 Å². The summed E-state index contributed by atoms with van der Waals surface area (Å²) in [5.74, 6) is -0.0725. The number of amides is 1. The van der Waals surface area contributed by atoms with Crippen LogP contribution in [-0.4, -0.2) is 16.9 Å². The Hall–Kier alpha value is -1.79. The first-order valence-corrected chi connectivity index (χ1v) is 7.25. The van der Waals surface area contributed by atoms with E-state index in [1.54, 1.807) is 24.3 Å². The number of carbonyl (C=O) groups is 1. The fourth-order valence-electron chi connectivity index (χ4n) is 1.56. The summed E-state index contributed by atoms with van der Waals surface area (Å²) < 4.78 is 0. The molecule has 0 fully saturated rings. The SMILES string of the molecule is CC(C)Nc1nc(N)c(C(=O)Nc2cccc(Cl)c2)s1. The molecule has 2 aromatic rings. The fraction of sp³-hybridized carbons (Fsp3) is 0.231. The molecular formula is C13H15ClN4OS. The summed E-state index contributed by atoms with van der Waals surface area (Å²) in [6.07, 6.45) is 0. The fourth-order valence-corrected chi connectivity index (χ4v) is 2.67. The van der Waals surface area contributed by atoms with E-state index in [-0.39, 0.29) is 17.8 Å². The van der Waals surface area contributed by atoms with Gasteiger partial charge in [0.1, 0.15) is 10.7 Å². The van der Waals surface area contributed by atoms with E-state index in [0.717, 1.165) is 0 Å². The first-order chi connectivity index (χ1) is 9.45. The lowest BCUT2D eigenvalue weighted by Gasteiger charge is -2.04. The second kappa shape index (κ2) is 6.11. The van der Waals surface area contributed by atoms with Crippen molar-refractivity contribution in [3.63, 3.8) is 0 Å². The number of rotatable bonds is 4. The minimum atomic E-state index is -0.293. The van der Waals surface area contributed by atoms with Crippen molar-refractivity contribution >= 4 is 45.5 Å². The maximum atomic E-state index is 12.2. The molecule has 0 bridgehead atoms. The number of hydrogen-bond acceptors (Lipinski definition) is 5. The number of anilines is 3. The summed E-state index contributed by atoms with van der Waals surface area (Å²) in [7, 11) is 0. The molecule has 0 unspecified atom stereocenters. The number of nitrogens with one attached hydrogen (secondary N) is 2. The van der Waals surface area contributed by atoms with E-state index in [0.29, 0.717) is 20.7 Å². The minimum absolute atomic E-state index is 0.220. The molecule has 0 atom stereocenters. The first-order valence-electron chi connectivity index (χ1n) is 6.05. The van der Waals surface area contributed by atoms with Gasteiger partial charge in [-0.15, -0.1) is 0 Å². The predicted octanol–water partition coefficient (Wildman–Crippen LogP) is 3.45. The molecule has 20 heavy (non-hydrogen) atoms. The van der Waals surface area contributed by atoms with Gasteiger partial charge in [0.05, 0.1) is 0 Å². The molecule has 7 heteroatoms. The quantitative estimate of drug-likeness (QED) is 0.808. The Kier molecular flexibility index (Phi) is 4.46. The minimum Gasteiger partial charge on any atom is -0.382 e. The monoisotopic (exact) mass is 310 g/mol. The second-order valence-electron chi connectivity index (χ2n) is 4.50. The van der Waals surface area contributed by atoms with Gasteiger partial charge in [0, 0.05) is 16.8 Å². The number of nitrogens with zero attached hydrogens (tertiary/aromatic N) is 1. The molecule has 0 aliphatic rings. The zero-order valence-electron chi connectivity index (χ0n) is 11.1. The number of aromatic nitrogens is 1. The number of carbonyl (C=O) groups excluding carboxylic acids is 1. The van der Waals surface area contributed by atoms with Crippen LogP contribution in [0.5, 0.6) is 0 Å². The van der Waals surface area contributed by atoms with E-state index in [1.165, 1.54) is 11.3 Å². The third kappa shape index (κ3) is 3.61. The Morgan fingerprint density at radius 1 is 1.45 bits per heavy atom. The van der Waals surface area contributed by atoms with Crippen molar-refractivity contribution in [2.75, 3.05) is 16.4 Å². The Morgan fingerprint density at radius 2 is 2.20 bits per heavy atom. The van der Waals surface area contributed by atoms with Crippen molar-refractivity contribution < 1.29 is 4.79 Å². The van der Waals surface area contributed by atoms with Crippen molar-refractivity contribution in [1.82, 2.24) is 4.98 Å². The number of nitrogens with two attached hydrogens (primary N) is 1. The Bertz CT molecular complexity index is 627. The van der Waals surface area contributed by atoms with E-state index in [4.69, 9.17) is 17.3 Å². The van der Waals surface area contributed by atoms with Crippen LogP contribution < -0.4 is 16.4 Å². The molecule has 0 saturated heterocycles. The van der Waals surface area contributed by atoms with Crippen LogP contribution in [0.1, 0.15) is 23.5 Å². The maximum absolute atomic E-state index is 12.2. The van der Waals surface area contributed by atoms with Crippen LogP contribution in [0.2, 0.25) is 5.02 Å². The highest BCUT2D eigenvalue weighted by Crippen LogP contribution is 2.26. The van der Waals surface area contributed by atoms with Gasteiger partial charge in [0.25, 0.3) is 5.91 Å². The highest BCUT2D eigenvalue weighted by molar-refractivity contribution is 7.18. The van der Waals surface area contributed by atoms with Crippen LogP contribution in [0.25, 0.3) is 0 Å². The van der Waals surface area contributed by atoms with Gasteiger partial charge in [-0.25, -0.2) is 4.98 Å². The molecule has 1 amide bonds. The summed E-state index contributed by atoms with van der Waals surface area (Å²) >= 11 is 7.10. The van der Waals surface area contributed by atoms with Crippen LogP contribution >= 0.6 is 22.9 Å². The zero-order chi connectivity index (χ0) is 14.7. The van der Waals surface area contributed by atoms with Gasteiger partial charge < -0.3 is 16.4 Å². The second-order valence-corrected chi connectivity index (χ2v) is 5.93. The third-order valence-electron chi connectivity index (χ3n) is 2.35. The lowest BCUT2D eigenvalue weighted by Crippen LogP contribution is -2.12. The highest BCUT2D eigenvalue weighted by Gasteiger charge is 2.16. The van der Waals surface area contributed by atoms with Crippen LogP contribution in [0, 0.1) is 0 Å². The van der Waals surface area contributed by atoms with Gasteiger partial charge in [0.15, 0.2) is 5.13 Å². The van der Waals surface area contributed by atoms with Crippen molar-refractivity contribution in [2.45, 2.75) is 19.9 Å². The van der Waals surface area contributed by atoms with Gasteiger partial charge in [-0.05, 0) is 32.0 Å². The summed E-state index contributed by atoms with van der Waals surface area (Å²) in [6, 6.07) is 7.16. The summed E-state index contributed by atoms with van der Waals surface area (Å²) in [5.41, 5.74) is 6.39. The van der Waals surface area contributed by atoms with E-state index in [2.05, 4.69) is 15.6 Å². The Labute approximate surface area is 126 Å². The molecule has 2 rings (SSSR count). The molecule has 0 saturated carbocycles. The Balaban J connectivity index is 2.15. The first kappa shape index (κ1) is 14.6. The van der Waals surface area contributed by atoms with Crippen molar-refractivity contribution in [3.8, 4) is 0 Å². The van der Waals surface area contributed by atoms with Crippen molar-refractivity contribution in [2.24, 2.45) is 0 Å². The summed E-state index contributed by atoms with van der Waals surface area (Å²) in [6.45, 7) is 3.98. The number of nitrogen functional groups attached to an aromatic ring is 1. The van der Waals surface area contributed by atoms with Crippen LogP contribution in [-0.2, 0) is 0 Å². The molecule has 1 heterocycles. The molecule has 106 valence electrons. The topological polar surface area (TPSA) is 80.0 Å². The van der Waals surface area contributed by atoms with E-state index < -0.39 is 0 Å². The number of hydrogen-bond donors (Lipinski definition) is 3. The van der Waals surface area contributed by atoms with Crippen LogP contribution in [0.15, 0.2) is 24.3 Å². The van der Waals surface area contributed by atoms with E-state index in [9.17, 15) is 4.79 Å². The average molecular weight is 311 g/mol. The van der Waals surface area contributed by atoms with Crippen molar-refractivity contribution in [3.05, 3.63) is 34.2 Å². The normalized spacial score (nSPS) is 10.6. The molecule has 5 nitrogen and oxygen atoms in total. The number of thiazole rings is 1. The van der Waals surface area contributed by atoms with E-state index >= 15 is 0 Å².